The molecule has 0 radical (unpaired) electrons. The molecule has 0 bridgehead atoms. The first-order chi connectivity index (χ1) is 29.5. The number of aromatic hydroxyl groups is 1. The Kier molecular flexibility index (Phi) is 9.72. The first-order valence-corrected chi connectivity index (χ1v) is 20.1. The topological polar surface area (TPSA) is 166 Å². The summed E-state index contributed by atoms with van der Waals surface area (Å²) in [7, 11) is 4.61. The van der Waals surface area contributed by atoms with Crippen molar-refractivity contribution in [3.8, 4) is 23.0 Å². The van der Waals surface area contributed by atoms with E-state index in [2.05, 4.69) is 4.98 Å². The van der Waals surface area contributed by atoms with Crippen molar-refractivity contribution in [3.05, 3.63) is 162 Å². The van der Waals surface area contributed by atoms with E-state index in [1.54, 1.807) is 68.6 Å². The molecule has 2 aromatic heterocycles. The molecule has 3 heterocycles. The number of benzene rings is 4. The van der Waals surface area contributed by atoms with Gasteiger partial charge in [0.05, 0.1) is 49.9 Å². The Morgan fingerprint density at radius 1 is 0.852 bits per heavy atom. The zero-order valence-corrected chi connectivity index (χ0v) is 34.0. The maximum atomic E-state index is 15.3. The van der Waals surface area contributed by atoms with Gasteiger partial charge in [0.1, 0.15) is 5.69 Å². The minimum atomic E-state index is -1.55. The molecule has 1 aliphatic heterocycles. The van der Waals surface area contributed by atoms with Crippen LogP contribution in [0.5, 0.6) is 23.0 Å². The fourth-order valence-corrected chi connectivity index (χ4v) is 9.85. The number of carbonyl (C=O) groups is 2. The van der Waals surface area contributed by atoms with E-state index >= 15 is 9.59 Å². The molecule has 14 nitrogen and oxygen atoms in total. The Hall–Kier alpha value is -7.22. The SMILES string of the molecule is CCOc1cccc(C2C3=CCn4c(=O)n(CCc5nc6cc(OC)c(OC)cc6n(C)c5=O)c(=O)n4C3CC3C(=O)C(c4ccccc4)=CC(=O)C32c2ccccc2)c1O. The van der Waals surface area contributed by atoms with Gasteiger partial charge in [0.25, 0.3) is 5.56 Å². The Morgan fingerprint density at radius 3 is 2.26 bits per heavy atom. The molecule has 61 heavy (non-hydrogen) atoms. The summed E-state index contributed by atoms with van der Waals surface area (Å²) in [5.41, 5.74) is 0.299. The Morgan fingerprint density at radius 2 is 1.56 bits per heavy atom. The number of Topliss-reactive ketones (excluding diaryl/α,β-unsaturated/α-hetero) is 1. The van der Waals surface area contributed by atoms with Gasteiger partial charge < -0.3 is 23.9 Å². The monoisotopic (exact) mass is 821 g/mol. The summed E-state index contributed by atoms with van der Waals surface area (Å²) in [6.45, 7) is 1.87. The molecule has 2 aliphatic carbocycles. The number of para-hydroxylation sites is 1. The fourth-order valence-electron chi connectivity index (χ4n) is 9.85. The van der Waals surface area contributed by atoms with Gasteiger partial charge in [-0.25, -0.2) is 28.5 Å². The van der Waals surface area contributed by atoms with Crippen LogP contribution in [-0.4, -0.2) is 61.0 Å². The van der Waals surface area contributed by atoms with Crippen LogP contribution in [0.25, 0.3) is 16.6 Å². The number of aromatic nitrogens is 5. The maximum Gasteiger partial charge on any atom is 0.347 e. The number of phenolic OH excluding ortho intramolecular Hbond substituents is 1. The summed E-state index contributed by atoms with van der Waals surface area (Å²) in [5.74, 6) is -1.74. The van der Waals surface area contributed by atoms with Gasteiger partial charge in [-0.3, -0.25) is 14.4 Å². The van der Waals surface area contributed by atoms with Crippen LogP contribution in [0.4, 0.5) is 0 Å². The van der Waals surface area contributed by atoms with Crippen LogP contribution in [0.3, 0.4) is 0 Å². The van der Waals surface area contributed by atoms with Gasteiger partial charge in [-0.1, -0.05) is 78.9 Å². The quantitative estimate of drug-likeness (QED) is 0.188. The number of aryl methyl sites for hydroxylation is 2. The zero-order valence-electron chi connectivity index (χ0n) is 34.0. The fraction of sp³-hybridized carbons (Fsp3) is 0.277. The number of ketones is 2. The van der Waals surface area contributed by atoms with Crippen LogP contribution in [0, 0.1) is 5.92 Å². The number of carbonyl (C=O) groups excluding carboxylic acids is 2. The Balaban J connectivity index is 1.20. The normalized spacial score (nSPS) is 20.6. The van der Waals surface area contributed by atoms with E-state index in [1.165, 1.54) is 34.2 Å². The summed E-state index contributed by atoms with van der Waals surface area (Å²) in [6, 6.07) is 25.7. The van der Waals surface area contributed by atoms with Crippen molar-refractivity contribution in [1.29, 1.82) is 0 Å². The van der Waals surface area contributed by atoms with Crippen molar-refractivity contribution in [2.24, 2.45) is 13.0 Å². The largest absolute Gasteiger partial charge is 0.504 e. The number of allylic oxidation sites excluding steroid dienone is 4. The first-order valence-electron chi connectivity index (χ1n) is 20.1. The highest BCUT2D eigenvalue weighted by Gasteiger charge is 2.63. The number of hydrogen-bond acceptors (Lipinski definition) is 10. The molecule has 9 rings (SSSR count). The molecule has 14 heteroatoms. The smallest absolute Gasteiger partial charge is 0.347 e. The average Bonchev–Trinajstić information content (AvgIpc) is 3.53. The number of hydrogen-bond donors (Lipinski definition) is 1. The number of rotatable bonds is 10. The Labute approximate surface area is 349 Å². The molecule has 0 spiro atoms. The summed E-state index contributed by atoms with van der Waals surface area (Å²) in [4.78, 5) is 77.7. The van der Waals surface area contributed by atoms with E-state index in [0.717, 1.165) is 4.57 Å². The van der Waals surface area contributed by atoms with Gasteiger partial charge in [0.2, 0.25) is 0 Å². The van der Waals surface area contributed by atoms with Crippen LogP contribution in [0.2, 0.25) is 0 Å². The van der Waals surface area contributed by atoms with Gasteiger partial charge in [0.15, 0.2) is 34.6 Å². The molecule has 310 valence electrons. The van der Waals surface area contributed by atoms with Gasteiger partial charge in [-0.05, 0) is 42.2 Å². The summed E-state index contributed by atoms with van der Waals surface area (Å²) in [6.07, 6.45) is 3.22. The highest BCUT2D eigenvalue weighted by atomic mass is 16.5. The van der Waals surface area contributed by atoms with Crippen LogP contribution in [-0.2, 0) is 41.6 Å². The summed E-state index contributed by atoms with van der Waals surface area (Å²) >= 11 is 0. The van der Waals surface area contributed by atoms with Crippen molar-refractivity contribution in [1.82, 2.24) is 23.5 Å². The van der Waals surface area contributed by atoms with Crippen LogP contribution in [0.1, 0.15) is 47.7 Å². The molecule has 1 N–H and O–H groups in total. The van der Waals surface area contributed by atoms with Gasteiger partial charge in [0, 0.05) is 55.1 Å². The van der Waals surface area contributed by atoms with Gasteiger partial charge in [-0.15, -0.1) is 0 Å². The molecule has 6 aromatic rings. The van der Waals surface area contributed by atoms with E-state index < -0.39 is 40.2 Å². The lowest BCUT2D eigenvalue weighted by Gasteiger charge is -2.54. The van der Waals surface area contributed by atoms with Gasteiger partial charge in [-0.2, -0.15) is 0 Å². The number of nitrogens with zero attached hydrogens (tertiary/aromatic N) is 5. The van der Waals surface area contributed by atoms with Crippen LogP contribution >= 0.6 is 0 Å². The first kappa shape index (κ1) is 39.3. The number of fused-ring (bicyclic) bond motifs is 5. The molecular formula is C47H43N5O9. The van der Waals surface area contributed by atoms with Crippen molar-refractivity contribution >= 4 is 28.2 Å². The van der Waals surface area contributed by atoms with E-state index in [9.17, 15) is 19.5 Å². The van der Waals surface area contributed by atoms with E-state index in [-0.39, 0.29) is 66.9 Å². The van der Waals surface area contributed by atoms with Crippen molar-refractivity contribution in [2.75, 3.05) is 20.8 Å². The number of phenols is 1. The average molecular weight is 822 g/mol. The lowest BCUT2D eigenvalue weighted by Crippen LogP contribution is -2.58. The zero-order chi connectivity index (χ0) is 42.7. The summed E-state index contributed by atoms with van der Waals surface area (Å²) < 4.78 is 22.0. The minimum absolute atomic E-state index is 0.000679. The molecule has 1 fully saturated rings. The molecule has 0 amide bonds. The predicted octanol–water partition coefficient (Wildman–Crippen LogP) is 4.88. The van der Waals surface area contributed by atoms with E-state index in [4.69, 9.17) is 14.2 Å². The van der Waals surface area contributed by atoms with Crippen LogP contribution in [0.15, 0.2) is 123 Å². The standard InChI is InChI=1S/C47H43N5O9/c1-5-61-37-18-12-17-30(43(37)55)41-29-19-22-51-45(57)50(21-20-33-44(56)49(2)36-26-39(60-4)38(59-3)25-34(36)48-33)46(58)52(51)35(29)24-32-42(54)31(27-13-8-6-9-14-27)23-40(53)47(32,41)28-15-10-7-11-16-28/h6-19,23,25-26,32,35,41,55H,5,20-22,24H2,1-4H3. The number of ether oxygens (including phenoxy) is 3. The molecule has 4 aromatic carbocycles. The van der Waals surface area contributed by atoms with Gasteiger partial charge >= 0.3 is 11.4 Å². The second kappa shape index (κ2) is 15.1. The minimum Gasteiger partial charge on any atom is -0.504 e. The Bertz CT molecular complexity index is 3010. The third kappa shape index (κ3) is 5.91. The second-order valence-corrected chi connectivity index (χ2v) is 15.5. The highest BCUT2D eigenvalue weighted by molar-refractivity contribution is 6.31. The second-order valence-electron chi connectivity index (χ2n) is 15.5. The van der Waals surface area contributed by atoms with E-state index in [0.29, 0.717) is 44.8 Å². The predicted molar refractivity (Wildman–Crippen MR) is 227 cm³/mol. The number of methoxy groups -OCH3 is 2. The third-order valence-corrected chi connectivity index (χ3v) is 12.6. The lowest BCUT2D eigenvalue weighted by molar-refractivity contribution is -0.133. The molecule has 0 saturated heterocycles. The maximum absolute atomic E-state index is 15.3. The van der Waals surface area contributed by atoms with Crippen molar-refractivity contribution in [2.45, 2.75) is 50.2 Å². The summed E-state index contributed by atoms with van der Waals surface area (Å²) in [5, 5.41) is 12.0. The third-order valence-electron chi connectivity index (χ3n) is 12.6. The van der Waals surface area contributed by atoms with Crippen molar-refractivity contribution < 1.29 is 28.9 Å². The molecule has 3 aliphatic rings. The van der Waals surface area contributed by atoms with Crippen LogP contribution < -0.4 is 31.1 Å². The lowest BCUT2D eigenvalue weighted by atomic mass is 9.47. The molecular weight excluding hydrogens is 779 g/mol. The molecule has 1 saturated carbocycles. The van der Waals surface area contributed by atoms with E-state index in [1.807, 2.05) is 42.5 Å². The molecule has 4 unspecified atom stereocenters. The van der Waals surface area contributed by atoms with Crippen molar-refractivity contribution in [3.63, 3.8) is 0 Å². The molecule has 4 atom stereocenters. The highest BCUT2D eigenvalue weighted by Crippen LogP contribution is 2.62.